The minimum atomic E-state index is -1.18. The molecule has 3 aromatic carbocycles. The lowest BCUT2D eigenvalue weighted by atomic mass is 9.72. The van der Waals surface area contributed by atoms with Crippen molar-refractivity contribution in [2.24, 2.45) is 0 Å². The monoisotopic (exact) mass is 508 g/mol. The van der Waals surface area contributed by atoms with Gasteiger partial charge in [0.2, 0.25) is 0 Å². The lowest BCUT2D eigenvalue weighted by molar-refractivity contribution is 0.00446. The number of pyridine rings is 1. The van der Waals surface area contributed by atoms with Crippen LogP contribution in [0.15, 0.2) is 89.4 Å². The first-order valence-corrected chi connectivity index (χ1v) is 11.8. The van der Waals surface area contributed by atoms with Crippen molar-refractivity contribution < 1.29 is 5.11 Å². The summed E-state index contributed by atoms with van der Waals surface area (Å²) in [6, 6.07) is 28.0. The lowest BCUT2D eigenvalue weighted by Gasteiger charge is -2.38. The first kappa shape index (κ1) is 22.9. The molecule has 4 aromatic rings. The molecule has 0 aliphatic heterocycles. The van der Waals surface area contributed by atoms with E-state index in [9.17, 15) is 5.11 Å². The summed E-state index contributed by atoms with van der Waals surface area (Å²) in [4.78, 5) is 6.78. The fraction of sp³-hybridized carbons (Fsp3) is 0.222. The van der Waals surface area contributed by atoms with Crippen LogP contribution in [0.25, 0.3) is 10.9 Å². The lowest BCUT2D eigenvalue weighted by Crippen LogP contribution is -2.37. The Hall–Kier alpha value is -2.24. The molecule has 1 N–H and O–H groups in total. The van der Waals surface area contributed by atoms with Crippen LogP contribution in [0, 0.1) is 0 Å². The number of aromatic nitrogens is 1. The number of fused-ring (bicyclic) bond motifs is 1. The van der Waals surface area contributed by atoms with Gasteiger partial charge in [0.1, 0.15) is 10.8 Å². The minimum absolute atomic E-state index is 0.394. The van der Waals surface area contributed by atoms with Crippen molar-refractivity contribution in [3.05, 3.63) is 111 Å². The van der Waals surface area contributed by atoms with Gasteiger partial charge >= 0.3 is 0 Å². The Morgan fingerprint density at radius 1 is 0.969 bits per heavy atom. The molecule has 0 aliphatic rings. The second kappa shape index (κ2) is 9.72. The van der Waals surface area contributed by atoms with Crippen molar-refractivity contribution in [3.8, 4) is 0 Å². The standard InChI is InChI=1S/C27H26BrClN2O/c1-31(2)16-15-27(32,21-11-7-4-8-12-21)25(19-9-5-3-6-10-19)23-18-20-17-22(28)13-14-24(20)30-26(23)29/h3-14,17-18,25,32H,15-16H2,1-2H3/t25-,27-/m0/s1. The third kappa shape index (κ3) is 4.74. The summed E-state index contributed by atoms with van der Waals surface area (Å²) in [7, 11) is 4.04. The molecule has 0 saturated carbocycles. The van der Waals surface area contributed by atoms with Crippen molar-refractivity contribution in [3.63, 3.8) is 0 Å². The van der Waals surface area contributed by atoms with Gasteiger partial charge < -0.3 is 10.0 Å². The third-order valence-corrected chi connectivity index (χ3v) is 6.69. The molecule has 0 unspecified atom stereocenters. The van der Waals surface area contributed by atoms with Gasteiger partial charge in [-0.1, -0.05) is 88.2 Å². The number of rotatable bonds is 7. The topological polar surface area (TPSA) is 36.4 Å². The molecule has 0 saturated heterocycles. The van der Waals surface area contributed by atoms with Crippen molar-refractivity contribution in [2.45, 2.75) is 17.9 Å². The SMILES string of the molecule is CN(C)CC[C@](O)(c1ccccc1)[C@@H](c1ccccc1)c1cc2cc(Br)ccc2nc1Cl. The Morgan fingerprint density at radius 3 is 2.28 bits per heavy atom. The molecular formula is C27H26BrClN2O. The zero-order valence-electron chi connectivity index (χ0n) is 18.2. The predicted molar refractivity (Wildman–Crippen MR) is 136 cm³/mol. The molecule has 0 bridgehead atoms. The Labute approximate surface area is 202 Å². The quantitative estimate of drug-likeness (QED) is 0.284. The van der Waals surface area contributed by atoms with Gasteiger partial charge in [-0.2, -0.15) is 0 Å². The second-order valence-corrected chi connectivity index (χ2v) is 9.67. The van der Waals surface area contributed by atoms with Crippen LogP contribution in [0.2, 0.25) is 5.15 Å². The zero-order valence-corrected chi connectivity index (χ0v) is 20.5. The van der Waals surface area contributed by atoms with Crippen molar-refractivity contribution in [2.75, 3.05) is 20.6 Å². The van der Waals surface area contributed by atoms with E-state index in [1.807, 2.05) is 80.8 Å². The summed E-state index contributed by atoms with van der Waals surface area (Å²) in [5.41, 5.74) is 2.31. The fourth-order valence-electron chi connectivity index (χ4n) is 4.28. The molecule has 0 radical (unpaired) electrons. The molecule has 5 heteroatoms. The van der Waals surface area contributed by atoms with Gasteiger partial charge in [-0.05, 0) is 55.9 Å². The van der Waals surface area contributed by atoms with E-state index in [0.29, 0.717) is 11.6 Å². The van der Waals surface area contributed by atoms with Crippen molar-refractivity contribution >= 4 is 38.4 Å². The van der Waals surface area contributed by atoms with Crippen LogP contribution in [0.5, 0.6) is 0 Å². The Morgan fingerprint density at radius 2 is 1.62 bits per heavy atom. The summed E-state index contributed by atoms with van der Waals surface area (Å²) in [6.45, 7) is 0.721. The molecule has 0 amide bonds. The van der Waals surface area contributed by atoms with Crippen LogP contribution < -0.4 is 0 Å². The molecular weight excluding hydrogens is 484 g/mol. The first-order valence-electron chi connectivity index (χ1n) is 10.6. The van der Waals surface area contributed by atoms with Crippen LogP contribution in [-0.4, -0.2) is 35.6 Å². The maximum Gasteiger partial charge on any atom is 0.133 e. The highest BCUT2D eigenvalue weighted by Crippen LogP contribution is 2.46. The number of hydrogen-bond donors (Lipinski definition) is 1. The molecule has 0 fully saturated rings. The maximum absolute atomic E-state index is 12.4. The highest BCUT2D eigenvalue weighted by molar-refractivity contribution is 9.10. The summed E-state index contributed by atoms with van der Waals surface area (Å²) < 4.78 is 0.974. The molecule has 3 nitrogen and oxygen atoms in total. The Kier molecular flexibility index (Phi) is 6.96. The third-order valence-electron chi connectivity index (χ3n) is 5.89. The van der Waals surface area contributed by atoms with E-state index in [1.165, 1.54) is 0 Å². The van der Waals surface area contributed by atoms with Gasteiger partial charge in [-0.3, -0.25) is 0 Å². The van der Waals surface area contributed by atoms with E-state index in [1.54, 1.807) is 0 Å². The van der Waals surface area contributed by atoms with Gasteiger partial charge in [0, 0.05) is 27.9 Å². The van der Waals surface area contributed by atoms with Gasteiger partial charge in [0.25, 0.3) is 0 Å². The predicted octanol–water partition coefficient (Wildman–Crippen LogP) is 6.62. The number of aliphatic hydroxyl groups is 1. The van der Waals surface area contributed by atoms with Crippen molar-refractivity contribution in [1.29, 1.82) is 0 Å². The average Bonchev–Trinajstić information content (AvgIpc) is 2.80. The molecule has 32 heavy (non-hydrogen) atoms. The normalized spacial score (nSPS) is 14.4. The van der Waals surface area contributed by atoms with Crippen LogP contribution >= 0.6 is 27.5 Å². The Balaban J connectivity index is 1.98. The van der Waals surface area contributed by atoms with Gasteiger partial charge in [0.15, 0.2) is 0 Å². The summed E-state index contributed by atoms with van der Waals surface area (Å²) in [5.74, 6) is -0.394. The number of halogens is 2. The van der Waals surface area contributed by atoms with Gasteiger partial charge in [-0.25, -0.2) is 4.98 Å². The molecule has 2 atom stereocenters. The van der Waals surface area contributed by atoms with E-state index in [2.05, 4.69) is 44.0 Å². The van der Waals surface area contributed by atoms with E-state index >= 15 is 0 Å². The van der Waals surface area contributed by atoms with Crippen molar-refractivity contribution in [1.82, 2.24) is 9.88 Å². The minimum Gasteiger partial charge on any atom is -0.384 e. The molecule has 0 spiro atoms. The molecule has 164 valence electrons. The molecule has 1 aromatic heterocycles. The highest BCUT2D eigenvalue weighted by atomic mass is 79.9. The average molecular weight is 510 g/mol. The largest absolute Gasteiger partial charge is 0.384 e. The van der Waals surface area contributed by atoms with Gasteiger partial charge in [-0.15, -0.1) is 0 Å². The smallest absolute Gasteiger partial charge is 0.133 e. The number of nitrogens with zero attached hydrogens (tertiary/aromatic N) is 2. The molecule has 0 aliphatic carbocycles. The highest BCUT2D eigenvalue weighted by Gasteiger charge is 2.41. The maximum atomic E-state index is 12.4. The Bertz CT molecular complexity index is 1200. The van der Waals surface area contributed by atoms with E-state index in [0.717, 1.165) is 38.6 Å². The van der Waals surface area contributed by atoms with E-state index < -0.39 is 11.5 Å². The zero-order chi connectivity index (χ0) is 22.7. The van der Waals surface area contributed by atoms with Gasteiger partial charge in [0.05, 0.1) is 5.52 Å². The van der Waals surface area contributed by atoms with E-state index in [4.69, 9.17) is 11.6 Å². The number of benzene rings is 3. The first-order chi connectivity index (χ1) is 15.4. The van der Waals surface area contributed by atoms with Crippen LogP contribution in [0.3, 0.4) is 0 Å². The van der Waals surface area contributed by atoms with Crippen LogP contribution in [0.4, 0.5) is 0 Å². The fourth-order valence-corrected chi connectivity index (χ4v) is 4.91. The van der Waals surface area contributed by atoms with Crippen LogP contribution in [0.1, 0.15) is 29.0 Å². The van der Waals surface area contributed by atoms with E-state index in [-0.39, 0.29) is 0 Å². The van der Waals surface area contributed by atoms with Crippen LogP contribution in [-0.2, 0) is 5.60 Å². The second-order valence-electron chi connectivity index (χ2n) is 8.39. The molecule has 4 rings (SSSR count). The molecule has 1 heterocycles. The summed E-state index contributed by atoms with van der Waals surface area (Å²) in [5, 5.41) is 13.8. The number of hydrogen-bond acceptors (Lipinski definition) is 3. The summed E-state index contributed by atoms with van der Waals surface area (Å²) >= 11 is 10.4. The summed E-state index contributed by atoms with van der Waals surface area (Å²) in [6.07, 6.45) is 0.538.